The predicted molar refractivity (Wildman–Crippen MR) is 122 cm³/mol. The van der Waals surface area contributed by atoms with E-state index in [1.165, 1.54) is 23.5 Å². The highest BCUT2D eigenvalue weighted by Gasteiger charge is 2.30. The van der Waals surface area contributed by atoms with Gasteiger partial charge in [0.2, 0.25) is 0 Å². The minimum atomic E-state index is -4.39. The van der Waals surface area contributed by atoms with Gasteiger partial charge in [0.25, 0.3) is 0 Å². The summed E-state index contributed by atoms with van der Waals surface area (Å²) in [7, 11) is 0. The van der Waals surface area contributed by atoms with Crippen LogP contribution in [0.4, 0.5) is 13.2 Å². The SMILES string of the molecule is Cc1nc(-c2ccc(C(F)(F)F)cc2)sc1COc1ccc([C@H](CC(=O)O)C(=[NH2+])CCO)cc1. The zero-order chi connectivity index (χ0) is 24.9. The van der Waals surface area contributed by atoms with Crippen molar-refractivity contribution in [2.75, 3.05) is 6.61 Å². The first-order valence-electron chi connectivity index (χ1n) is 10.4. The average molecular weight is 494 g/mol. The fourth-order valence-corrected chi connectivity index (χ4v) is 4.35. The Morgan fingerprint density at radius 3 is 2.35 bits per heavy atom. The van der Waals surface area contributed by atoms with Gasteiger partial charge in [-0.25, -0.2) is 4.98 Å². The van der Waals surface area contributed by atoms with E-state index in [2.05, 4.69) is 4.98 Å². The fraction of sp³-hybridized carbons (Fsp3) is 0.292. The maximum atomic E-state index is 12.8. The summed E-state index contributed by atoms with van der Waals surface area (Å²) >= 11 is 1.34. The third-order valence-corrected chi connectivity index (χ3v) is 6.41. The Morgan fingerprint density at radius 2 is 1.79 bits per heavy atom. The molecule has 3 aromatic rings. The molecule has 0 bridgehead atoms. The summed E-state index contributed by atoms with van der Waals surface area (Å²) in [5.41, 5.74) is 1.72. The van der Waals surface area contributed by atoms with E-state index in [1.54, 1.807) is 24.3 Å². The van der Waals surface area contributed by atoms with Crippen LogP contribution >= 0.6 is 11.3 Å². The van der Waals surface area contributed by atoms with E-state index in [9.17, 15) is 23.1 Å². The van der Waals surface area contributed by atoms with Crippen LogP contribution in [0.5, 0.6) is 5.75 Å². The van der Waals surface area contributed by atoms with Crippen molar-refractivity contribution in [2.24, 2.45) is 0 Å². The largest absolute Gasteiger partial charge is 0.488 e. The summed E-state index contributed by atoms with van der Waals surface area (Å²) in [4.78, 5) is 16.5. The molecule has 0 aliphatic heterocycles. The van der Waals surface area contributed by atoms with Gasteiger partial charge in [-0.15, -0.1) is 11.3 Å². The summed E-state index contributed by atoms with van der Waals surface area (Å²) < 4.78 is 44.2. The van der Waals surface area contributed by atoms with Gasteiger partial charge in [0.05, 0.1) is 41.5 Å². The van der Waals surface area contributed by atoms with Gasteiger partial charge in [0.1, 0.15) is 17.4 Å². The molecule has 1 heterocycles. The van der Waals surface area contributed by atoms with E-state index in [0.717, 1.165) is 22.7 Å². The van der Waals surface area contributed by atoms with Crippen molar-refractivity contribution in [1.29, 1.82) is 0 Å². The molecule has 0 unspecified atom stereocenters. The Labute approximate surface area is 198 Å². The van der Waals surface area contributed by atoms with Crippen molar-refractivity contribution >= 4 is 23.0 Å². The molecule has 0 saturated heterocycles. The normalized spacial score (nSPS) is 12.4. The zero-order valence-electron chi connectivity index (χ0n) is 18.3. The molecule has 0 aliphatic rings. The number of aliphatic hydroxyl groups excluding tert-OH is 1. The van der Waals surface area contributed by atoms with Crippen molar-refractivity contribution in [2.45, 2.75) is 38.5 Å². The standard InChI is InChI=1S/C24H23F3N2O4S/c1-14-21(34-23(29-14)16-2-6-17(7-3-16)24(25,26)27)13-33-18-8-4-15(5-9-18)19(12-22(31)32)20(28)10-11-30/h2-9,19,28,30H,10-13H2,1H3,(H,31,32)/p+1/t19-/m0/s1. The fourth-order valence-electron chi connectivity index (χ4n) is 3.37. The highest BCUT2D eigenvalue weighted by atomic mass is 32.1. The summed E-state index contributed by atoms with van der Waals surface area (Å²) in [6.45, 7) is 1.87. The van der Waals surface area contributed by atoms with Gasteiger partial charge in [-0.05, 0) is 36.8 Å². The highest BCUT2D eigenvalue weighted by Crippen LogP contribution is 2.33. The molecule has 2 aromatic carbocycles. The number of halogens is 3. The van der Waals surface area contributed by atoms with Gasteiger partial charge in [-0.2, -0.15) is 13.2 Å². The number of thiazole rings is 1. The number of aromatic nitrogens is 1. The molecule has 6 nitrogen and oxygen atoms in total. The molecule has 3 rings (SSSR count). The van der Waals surface area contributed by atoms with Crippen LogP contribution in [0.1, 0.15) is 40.5 Å². The minimum Gasteiger partial charge on any atom is -0.488 e. The van der Waals surface area contributed by atoms with E-state index in [4.69, 9.17) is 15.3 Å². The Kier molecular flexibility index (Phi) is 8.06. The van der Waals surface area contributed by atoms with Gasteiger partial charge in [-0.1, -0.05) is 24.3 Å². The van der Waals surface area contributed by atoms with Crippen molar-refractivity contribution in [3.05, 3.63) is 70.2 Å². The number of carboxylic acids is 1. The van der Waals surface area contributed by atoms with Gasteiger partial charge < -0.3 is 14.9 Å². The highest BCUT2D eigenvalue weighted by molar-refractivity contribution is 7.15. The first-order chi connectivity index (χ1) is 16.1. The second-order valence-corrected chi connectivity index (χ2v) is 8.74. The van der Waals surface area contributed by atoms with Crippen LogP contribution in [-0.4, -0.2) is 33.5 Å². The lowest BCUT2D eigenvalue weighted by Crippen LogP contribution is -2.44. The van der Waals surface area contributed by atoms with Gasteiger partial charge in [-0.3, -0.25) is 10.2 Å². The molecular formula is C24H24F3N2O4S+. The molecular weight excluding hydrogens is 469 g/mol. The number of rotatable bonds is 10. The van der Waals surface area contributed by atoms with Crippen molar-refractivity contribution in [1.82, 2.24) is 4.98 Å². The van der Waals surface area contributed by atoms with Crippen LogP contribution < -0.4 is 10.1 Å². The third kappa shape index (κ3) is 6.42. The first kappa shape index (κ1) is 25.4. The number of aryl methyl sites for hydroxylation is 1. The molecule has 0 radical (unpaired) electrons. The number of hydrogen-bond acceptors (Lipinski definition) is 5. The van der Waals surface area contributed by atoms with E-state index in [-0.39, 0.29) is 26.1 Å². The quantitative estimate of drug-likeness (QED) is 0.372. The third-order valence-electron chi connectivity index (χ3n) is 5.23. The van der Waals surface area contributed by atoms with Crippen LogP contribution in [0.15, 0.2) is 48.5 Å². The Balaban J connectivity index is 1.68. The molecule has 0 amide bonds. The number of ether oxygens (including phenoxy) is 1. The second-order valence-electron chi connectivity index (χ2n) is 7.66. The van der Waals surface area contributed by atoms with Crippen molar-refractivity contribution < 1.29 is 38.3 Å². The lowest BCUT2D eigenvalue weighted by molar-refractivity contribution is -0.139. The molecule has 10 heteroatoms. The van der Waals surface area contributed by atoms with E-state index in [1.807, 2.05) is 6.92 Å². The maximum absolute atomic E-state index is 12.8. The number of aliphatic hydroxyl groups is 1. The number of nitrogens with two attached hydrogens (primary N) is 1. The zero-order valence-corrected chi connectivity index (χ0v) is 19.1. The monoisotopic (exact) mass is 493 g/mol. The summed E-state index contributed by atoms with van der Waals surface area (Å²) in [5, 5.41) is 24.9. The average Bonchev–Trinajstić information content (AvgIpc) is 3.16. The molecule has 180 valence electrons. The van der Waals surface area contributed by atoms with Gasteiger partial charge >= 0.3 is 12.1 Å². The predicted octanol–water partition coefficient (Wildman–Crippen LogP) is 3.86. The number of alkyl halides is 3. The summed E-state index contributed by atoms with van der Waals surface area (Å²) in [6.07, 6.45) is -4.36. The van der Waals surface area contributed by atoms with Gasteiger partial charge in [0, 0.05) is 5.56 Å². The Bertz CT molecular complexity index is 1140. The summed E-state index contributed by atoms with van der Waals surface area (Å²) in [5.74, 6) is -0.952. The first-order valence-corrected chi connectivity index (χ1v) is 11.2. The van der Waals surface area contributed by atoms with Crippen molar-refractivity contribution in [3.8, 4) is 16.3 Å². The molecule has 0 fully saturated rings. The van der Waals surface area contributed by atoms with E-state index < -0.39 is 23.6 Å². The number of nitrogens with zero attached hydrogens (tertiary/aromatic N) is 1. The molecule has 34 heavy (non-hydrogen) atoms. The lowest BCUT2D eigenvalue weighted by atomic mass is 9.89. The van der Waals surface area contributed by atoms with Crippen molar-refractivity contribution in [3.63, 3.8) is 0 Å². The lowest BCUT2D eigenvalue weighted by Gasteiger charge is -2.13. The molecule has 1 atom stereocenters. The molecule has 0 aliphatic carbocycles. The van der Waals surface area contributed by atoms with Crippen LogP contribution in [-0.2, 0) is 17.6 Å². The molecule has 1 aromatic heterocycles. The smallest absolute Gasteiger partial charge is 0.416 e. The minimum absolute atomic E-state index is 0.161. The topological polar surface area (TPSA) is 105 Å². The number of carboxylic acid groups (broad SMARTS) is 1. The molecule has 4 N–H and O–H groups in total. The summed E-state index contributed by atoms with van der Waals surface area (Å²) in [6, 6.07) is 11.8. The second kappa shape index (κ2) is 10.8. The van der Waals surface area contributed by atoms with Crippen LogP contribution in [0.3, 0.4) is 0 Å². The maximum Gasteiger partial charge on any atom is 0.416 e. The number of carbonyl (C=O) groups is 1. The Morgan fingerprint density at radius 1 is 1.15 bits per heavy atom. The van der Waals surface area contributed by atoms with E-state index >= 15 is 0 Å². The number of hydrogen-bond donors (Lipinski definition) is 3. The van der Waals surface area contributed by atoms with Crippen LogP contribution in [0.2, 0.25) is 0 Å². The number of aliphatic carboxylic acids is 1. The Hall–Kier alpha value is -3.24. The van der Waals surface area contributed by atoms with Crippen LogP contribution in [0.25, 0.3) is 10.6 Å². The molecule has 0 saturated carbocycles. The van der Waals surface area contributed by atoms with E-state index in [0.29, 0.717) is 27.6 Å². The molecule has 0 spiro atoms. The van der Waals surface area contributed by atoms with Gasteiger partial charge in [0.15, 0.2) is 5.71 Å². The van der Waals surface area contributed by atoms with Crippen LogP contribution in [0, 0.1) is 6.92 Å². The number of benzene rings is 2.